The Kier molecular flexibility index (Phi) is 5.79. The van der Waals surface area contributed by atoms with E-state index in [0.717, 1.165) is 53.1 Å². The minimum Gasteiger partial charge on any atom is -0.496 e. The fourth-order valence-electron chi connectivity index (χ4n) is 3.50. The summed E-state index contributed by atoms with van der Waals surface area (Å²) in [4.78, 5) is 16.2. The molecule has 0 aromatic heterocycles. The Balaban J connectivity index is 1.93. The maximum atomic E-state index is 11.3. The summed E-state index contributed by atoms with van der Waals surface area (Å²) in [5, 5.41) is 0. The molecule has 0 bridgehead atoms. The van der Waals surface area contributed by atoms with Gasteiger partial charge in [0.1, 0.15) is 11.5 Å². The van der Waals surface area contributed by atoms with Crippen LogP contribution in [-0.4, -0.2) is 32.5 Å². The van der Waals surface area contributed by atoms with Gasteiger partial charge in [0.2, 0.25) is 0 Å². The van der Waals surface area contributed by atoms with Crippen molar-refractivity contribution < 1.29 is 19.0 Å². The second-order valence-electron chi connectivity index (χ2n) is 6.71. The molecule has 3 rings (SSSR count). The molecule has 0 heterocycles. The highest BCUT2D eigenvalue weighted by Crippen LogP contribution is 2.31. The van der Waals surface area contributed by atoms with Gasteiger partial charge in [-0.1, -0.05) is 6.07 Å². The lowest BCUT2D eigenvalue weighted by Gasteiger charge is -2.19. The molecule has 27 heavy (non-hydrogen) atoms. The van der Waals surface area contributed by atoms with Crippen LogP contribution in [0.2, 0.25) is 0 Å². The van der Waals surface area contributed by atoms with Crippen LogP contribution in [0.25, 0.3) is 0 Å². The Labute approximate surface area is 160 Å². The molecule has 0 atom stereocenters. The van der Waals surface area contributed by atoms with Crippen molar-refractivity contribution in [2.24, 2.45) is 4.99 Å². The lowest BCUT2D eigenvalue weighted by Crippen LogP contribution is -2.15. The molecule has 0 radical (unpaired) electrons. The summed E-state index contributed by atoms with van der Waals surface area (Å²) in [6.45, 7) is 3.96. The highest BCUT2D eigenvalue weighted by atomic mass is 16.6. The molecular formula is C22H25NO4. The van der Waals surface area contributed by atoms with E-state index in [9.17, 15) is 4.79 Å². The number of fused-ring (bicyclic) bond motifs is 1. The quantitative estimate of drug-likeness (QED) is 0.739. The number of hydrogen-bond donors (Lipinski definition) is 0. The minimum atomic E-state index is -0.397. The lowest BCUT2D eigenvalue weighted by atomic mass is 9.89. The number of methoxy groups -OCH3 is 2. The molecule has 0 saturated heterocycles. The fourth-order valence-corrected chi connectivity index (χ4v) is 3.50. The maximum absolute atomic E-state index is 11.3. The molecule has 2 aromatic carbocycles. The van der Waals surface area contributed by atoms with Gasteiger partial charge in [-0.25, -0.2) is 4.79 Å². The topological polar surface area (TPSA) is 57.1 Å². The molecule has 2 aromatic rings. The van der Waals surface area contributed by atoms with E-state index in [4.69, 9.17) is 14.5 Å². The Morgan fingerprint density at radius 3 is 2.48 bits per heavy atom. The first kappa shape index (κ1) is 19.0. The molecule has 0 aliphatic heterocycles. The second kappa shape index (κ2) is 8.25. The summed E-state index contributed by atoms with van der Waals surface area (Å²) in [7, 11) is 3.04. The van der Waals surface area contributed by atoms with Gasteiger partial charge in [0.05, 0.1) is 19.9 Å². The largest absolute Gasteiger partial charge is 0.496 e. The van der Waals surface area contributed by atoms with E-state index in [1.54, 1.807) is 7.11 Å². The average molecular weight is 367 g/mol. The van der Waals surface area contributed by atoms with E-state index in [-0.39, 0.29) is 6.61 Å². The van der Waals surface area contributed by atoms with E-state index >= 15 is 0 Å². The van der Waals surface area contributed by atoms with E-state index in [0.29, 0.717) is 5.75 Å². The molecule has 0 unspecified atom stereocenters. The van der Waals surface area contributed by atoms with Crippen LogP contribution in [0.15, 0.2) is 35.3 Å². The predicted octanol–water partition coefficient (Wildman–Crippen LogP) is 4.32. The number of carbonyl (C=O) groups excluding carboxylic acids is 1. The Hall–Kier alpha value is -2.82. The van der Waals surface area contributed by atoms with Crippen molar-refractivity contribution >= 4 is 17.4 Å². The second-order valence-corrected chi connectivity index (χ2v) is 6.71. The van der Waals surface area contributed by atoms with E-state index in [1.165, 1.54) is 12.7 Å². The number of benzene rings is 2. The summed E-state index contributed by atoms with van der Waals surface area (Å²) in [6, 6.07) is 10.0. The van der Waals surface area contributed by atoms with Gasteiger partial charge < -0.3 is 14.2 Å². The standard InChI is InChI=1S/C22H25NO4/c1-14-10-17(11-15(2)22(14)26-4)23-20-7-5-6-16-8-9-18(12-19(16)20)27-13-21(24)25-3/h8-12H,5-7,13H2,1-4H3/b23-20+. The third kappa shape index (κ3) is 4.30. The molecule has 5 heteroatoms. The van der Waals surface area contributed by atoms with Crippen molar-refractivity contribution in [3.8, 4) is 11.5 Å². The van der Waals surface area contributed by atoms with Gasteiger partial charge in [0.25, 0.3) is 0 Å². The fraction of sp³-hybridized carbons (Fsp3) is 0.364. The monoisotopic (exact) mass is 367 g/mol. The zero-order valence-corrected chi connectivity index (χ0v) is 16.3. The van der Waals surface area contributed by atoms with Gasteiger partial charge in [-0.2, -0.15) is 0 Å². The third-order valence-electron chi connectivity index (χ3n) is 4.75. The number of hydrogen-bond acceptors (Lipinski definition) is 5. The molecule has 0 spiro atoms. The molecule has 0 amide bonds. The summed E-state index contributed by atoms with van der Waals surface area (Å²) in [5.41, 5.74) is 6.46. The van der Waals surface area contributed by atoms with Crippen LogP contribution in [0.3, 0.4) is 0 Å². The Bertz CT molecular complexity index is 863. The number of carbonyl (C=O) groups is 1. The smallest absolute Gasteiger partial charge is 0.343 e. The van der Waals surface area contributed by atoms with Gasteiger partial charge in [-0.3, -0.25) is 4.99 Å². The van der Waals surface area contributed by atoms with Crippen molar-refractivity contribution in [3.05, 3.63) is 52.6 Å². The molecule has 0 N–H and O–H groups in total. The van der Waals surface area contributed by atoms with E-state index in [2.05, 4.69) is 10.8 Å². The molecule has 1 aliphatic carbocycles. The van der Waals surface area contributed by atoms with Crippen LogP contribution in [0.1, 0.15) is 35.1 Å². The average Bonchev–Trinajstić information content (AvgIpc) is 2.66. The van der Waals surface area contributed by atoms with Crippen LogP contribution < -0.4 is 9.47 Å². The van der Waals surface area contributed by atoms with Gasteiger partial charge >= 0.3 is 5.97 Å². The van der Waals surface area contributed by atoms with Crippen LogP contribution in [0.4, 0.5) is 5.69 Å². The number of aryl methyl sites for hydroxylation is 3. The van der Waals surface area contributed by atoms with Crippen LogP contribution in [-0.2, 0) is 16.0 Å². The molecule has 1 aliphatic rings. The first-order chi connectivity index (χ1) is 13.0. The summed E-state index contributed by atoms with van der Waals surface area (Å²) in [6.07, 6.45) is 3.01. The first-order valence-corrected chi connectivity index (χ1v) is 9.07. The number of aliphatic imine (C=N–C) groups is 1. The van der Waals surface area contributed by atoms with Gasteiger partial charge in [-0.15, -0.1) is 0 Å². The SMILES string of the molecule is COC(=O)COc1ccc2c(c1)/C(=N/c1cc(C)c(OC)c(C)c1)CCC2. The molecular weight excluding hydrogens is 342 g/mol. The van der Waals surface area contributed by atoms with Crippen molar-refractivity contribution in [3.63, 3.8) is 0 Å². The highest BCUT2D eigenvalue weighted by Gasteiger charge is 2.17. The summed E-state index contributed by atoms with van der Waals surface area (Å²) < 4.78 is 15.6. The van der Waals surface area contributed by atoms with Crippen molar-refractivity contribution in [1.29, 1.82) is 0 Å². The van der Waals surface area contributed by atoms with Crippen molar-refractivity contribution in [2.45, 2.75) is 33.1 Å². The maximum Gasteiger partial charge on any atom is 0.343 e. The highest BCUT2D eigenvalue weighted by molar-refractivity contribution is 6.04. The number of nitrogens with zero attached hydrogens (tertiary/aromatic N) is 1. The summed E-state index contributed by atoms with van der Waals surface area (Å²) >= 11 is 0. The zero-order chi connectivity index (χ0) is 19.4. The Morgan fingerprint density at radius 2 is 1.81 bits per heavy atom. The third-order valence-corrected chi connectivity index (χ3v) is 4.75. The Morgan fingerprint density at radius 1 is 1.07 bits per heavy atom. The number of ether oxygens (including phenoxy) is 3. The van der Waals surface area contributed by atoms with Crippen molar-refractivity contribution in [1.82, 2.24) is 0 Å². The van der Waals surface area contributed by atoms with Crippen LogP contribution in [0, 0.1) is 13.8 Å². The van der Waals surface area contributed by atoms with E-state index in [1.807, 2.05) is 38.1 Å². The van der Waals surface area contributed by atoms with Gasteiger partial charge in [0, 0.05) is 11.3 Å². The predicted molar refractivity (Wildman–Crippen MR) is 106 cm³/mol. The van der Waals surface area contributed by atoms with Crippen LogP contribution in [0.5, 0.6) is 11.5 Å². The normalized spacial score (nSPS) is 14.6. The number of esters is 1. The minimum absolute atomic E-state index is 0.0986. The van der Waals surface area contributed by atoms with Gasteiger partial charge in [0.15, 0.2) is 6.61 Å². The zero-order valence-electron chi connectivity index (χ0n) is 16.3. The van der Waals surface area contributed by atoms with E-state index < -0.39 is 5.97 Å². The summed E-state index contributed by atoms with van der Waals surface area (Å²) in [5.74, 6) is 1.16. The molecule has 142 valence electrons. The first-order valence-electron chi connectivity index (χ1n) is 9.07. The molecule has 5 nitrogen and oxygen atoms in total. The van der Waals surface area contributed by atoms with Crippen LogP contribution >= 0.6 is 0 Å². The van der Waals surface area contributed by atoms with Crippen molar-refractivity contribution in [2.75, 3.05) is 20.8 Å². The number of rotatable bonds is 5. The lowest BCUT2D eigenvalue weighted by molar-refractivity contribution is -0.142. The molecule has 0 fully saturated rings. The molecule has 0 saturated carbocycles. The van der Waals surface area contributed by atoms with Gasteiger partial charge in [-0.05, 0) is 74.1 Å².